The van der Waals surface area contributed by atoms with E-state index >= 15 is 0 Å². The van der Waals surface area contributed by atoms with Crippen LogP contribution in [0.5, 0.6) is 0 Å². The van der Waals surface area contributed by atoms with Gasteiger partial charge >= 0.3 is 0 Å². The molecule has 27 heavy (non-hydrogen) atoms. The van der Waals surface area contributed by atoms with Crippen LogP contribution in [-0.2, 0) is 4.79 Å². The zero-order chi connectivity index (χ0) is 18.4. The number of nitrogens with zero attached hydrogens (tertiary/aromatic N) is 3. The number of hydrogen-bond donors (Lipinski definition) is 1. The molecular formula is C21H18N4OS. The van der Waals surface area contributed by atoms with E-state index in [1.54, 1.807) is 11.8 Å². The predicted octanol–water partition coefficient (Wildman–Crippen LogP) is 4.24. The van der Waals surface area contributed by atoms with Crippen LogP contribution in [0, 0.1) is 0 Å². The van der Waals surface area contributed by atoms with E-state index in [0.29, 0.717) is 13.0 Å². The van der Waals surface area contributed by atoms with Crippen molar-refractivity contribution >= 4 is 50.5 Å². The van der Waals surface area contributed by atoms with Crippen LogP contribution in [0.3, 0.4) is 0 Å². The molecule has 0 saturated heterocycles. The Hall–Kier alpha value is -2.73. The molecule has 0 bridgehead atoms. The molecule has 3 aromatic rings. The van der Waals surface area contributed by atoms with E-state index in [9.17, 15) is 4.79 Å². The lowest BCUT2D eigenvalue weighted by atomic mass is 9.89. The SMILES string of the molecule is CCC(=O)NCCC1=C2SC=NC2c2nccc3c2c1nc1ccccc13. The third kappa shape index (κ3) is 2.55. The number of benzene rings is 1. The zero-order valence-electron chi connectivity index (χ0n) is 14.9. The molecular weight excluding hydrogens is 356 g/mol. The van der Waals surface area contributed by atoms with Gasteiger partial charge in [-0.1, -0.05) is 36.9 Å². The highest BCUT2D eigenvalue weighted by molar-refractivity contribution is 8.15. The number of nitrogens with one attached hydrogen (secondary N) is 1. The van der Waals surface area contributed by atoms with Crippen molar-refractivity contribution in [2.75, 3.05) is 6.54 Å². The van der Waals surface area contributed by atoms with Gasteiger partial charge in [-0.25, -0.2) is 4.98 Å². The van der Waals surface area contributed by atoms with Gasteiger partial charge in [0.2, 0.25) is 5.91 Å². The van der Waals surface area contributed by atoms with Gasteiger partial charge in [-0.2, -0.15) is 0 Å². The van der Waals surface area contributed by atoms with Crippen molar-refractivity contribution in [3.8, 4) is 0 Å². The topological polar surface area (TPSA) is 67.2 Å². The minimum absolute atomic E-state index is 0.0500. The van der Waals surface area contributed by atoms with Gasteiger partial charge in [0.1, 0.15) is 6.04 Å². The first-order valence-electron chi connectivity index (χ1n) is 9.13. The molecule has 0 saturated carbocycles. The molecule has 0 radical (unpaired) electrons. The Morgan fingerprint density at radius 2 is 2.11 bits per heavy atom. The van der Waals surface area contributed by atoms with Crippen molar-refractivity contribution in [3.05, 3.63) is 52.8 Å². The number of thioether (sulfide) groups is 1. The standard InChI is InChI=1S/C21H18N4OS/c1-2-16(26)22-9-8-14-18-17-13(12-5-3-4-6-15(12)25-18)7-10-23-19(17)20-21(14)27-11-24-20/h3-7,10-11,20H,2,8-9H2,1H3,(H,22,26). The Balaban J connectivity index is 1.72. The van der Waals surface area contributed by atoms with Crippen molar-refractivity contribution in [2.24, 2.45) is 4.99 Å². The number of pyridine rings is 2. The molecule has 2 aliphatic rings. The highest BCUT2D eigenvalue weighted by atomic mass is 32.2. The van der Waals surface area contributed by atoms with Gasteiger partial charge < -0.3 is 5.32 Å². The second-order valence-electron chi connectivity index (χ2n) is 6.67. The second kappa shape index (κ2) is 6.46. The van der Waals surface area contributed by atoms with E-state index in [2.05, 4.69) is 33.5 Å². The lowest BCUT2D eigenvalue weighted by Crippen LogP contribution is -2.24. The molecule has 0 spiro atoms. The number of fused-ring (bicyclic) bond motifs is 4. The van der Waals surface area contributed by atoms with E-state index in [4.69, 9.17) is 4.98 Å². The Morgan fingerprint density at radius 1 is 1.22 bits per heavy atom. The average molecular weight is 374 g/mol. The van der Waals surface area contributed by atoms with Gasteiger partial charge in [-0.15, -0.1) is 0 Å². The van der Waals surface area contributed by atoms with Gasteiger partial charge in [0.25, 0.3) is 0 Å². The van der Waals surface area contributed by atoms with Gasteiger partial charge in [0, 0.05) is 34.8 Å². The summed E-state index contributed by atoms with van der Waals surface area (Å²) in [6.45, 7) is 2.47. The van der Waals surface area contributed by atoms with Crippen LogP contribution in [0.2, 0.25) is 0 Å². The maximum Gasteiger partial charge on any atom is 0.219 e. The summed E-state index contributed by atoms with van der Waals surface area (Å²) in [5, 5.41) is 6.39. The fraction of sp³-hybridized carbons (Fsp3) is 0.238. The number of amides is 1. The monoisotopic (exact) mass is 374 g/mol. The molecule has 5 rings (SSSR count). The van der Waals surface area contributed by atoms with E-state index in [1.165, 1.54) is 15.9 Å². The van der Waals surface area contributed by atoms with Crippen molar-refractivity contribution < 1.29 is 4.79 Å². The maximum absolute atomic E-state index is 11.7. The normalized spacial score (nSPS) is 17.6. The molecule has 1 unspecified atom stereocenters. The number of aromatic nitrogens is 2. The van der Waals surface area contributed by atoms with Crippen LogP contribution < -0.4 is 5.32 Å². The molecule has 1 aliphatic heterocycles. The fourth-order valence-corrected chi connectivity index (χ4v) is 4.81. The smallest absolute Gasteiger partial charge is 0.219 e. The molecule has 134 valence electrons. The van der Waals surface area contributed by atoms with Crippen molar-refractivity contribution in [1.29, 1.82) is 0 Å². The number of carbonyl (C=O) groups is 1. The lowest BCUT2D eigenvalue weighted by Gasteiger charge is -2.24. The summed E-state index contributed by atoms with van der Waals surface area (Å²) in [6, 6.07) is 10.2. The van der Waals surface area contributed by atoms with Crippen LogP contribution in [-0.4, -0.2) is 28.0 Å². The predicted molar refractivity (Wildman–Crippen MR) is 111 cm³/mol. The summed E-state index contributed by atoms with van der Waals surface area (Å²) >= 11 is 1.65. The van der Waals surface area contributed by atoms with E-state index in [1.807, 2.05) is 30.8 Å². The fourth-order valence-electron chi connectivity index (χ4n) is 3.87. The maximum atomic E-state index is 11.7. The highest BCUT2D eigenvalue weighted by Gasteiger charge is 2.34. The van der Waals surface area contributed by atoms with Crippen molar-refractivity contribution in [2.45, 2.75) is 25.8 Å². The summed E-state index contributed by atoms with van der Waals surface area (Å²) in [6.07, 6.45) is 3.11. The summed E-state index contributed by atoms with van der Waals surface area (Å²) in [4.78, 5) is 27.2. The van der Waals surface area contributed by atoms with Crippen LogP contribution in [0.15, 0.2) is 46.4 Å². The number of aliphatic imine (C=N–C) groups is 1. The Morgan fingerprint density at radius 3 is 3.00 bits per heavy atom. The van der Waals surface area contributed by atoms with Gasteiger partial charge in [-0.3, -0.25) is 14.8 Å². The Labute approximate surface area is 161 Å². The molecule has 6 heteroatoms. The first-order chi connectivity index (χ1) is 13.3. The van der Waals surface area contributed by atoms with Crippen LogP contribution in [0.25, 0.3) is 27.2 Å². The summed E-state index contributed by atoms with van der Waals surface area (Å²) < 4.78 is 0. The largest absolute Gasteiger partial charge is 0.356 e. The van der Waals surface area contributed by atoms with E-state index in [-0.39, 0.29) is 11.9 Å². The summed E-state index contributed by atoms with van der Waals surface area (Å²) in [5.74, 6) is 0.0713. The number of hydrogen-bond acceptors (Lipinski definition) is 5. The van der Waals surface area contributed by atoms with Crippen molar-refractivity contribution in [3.63, 3.8) is 0 Å². The van der Waals surface area contributed by atoms with Crippen LogP contribution in [0.1, 0.15) is 37.2 Å². The first-order valence-corrected chi connectivity index (χ1v) is 10.0. The molecule has 1 aliphatic carbocycles. The summed E-state index contributed by atoms with van der Waals surface area (Å²) in [7, 11) is 0. The molecule has 3 heterocycles. The quantitative estimate of drug-likeness (QED) is 0.694. The Kier molecular flexibility index (Phi) is 3.93. The van der Waals surface area contributed by atoms with Gasteiger partial charge in [0.15, 0.2) is 0 Å². The van der Waals surface area contributed by atoms with Gasteiger partial charge in [-0.05, 0) is 29.5 Å². The molecule has 1 amide bonds. The molecule has 1 N–H and O–H groups in total. The number of rotatable bonds is 4. The van der Waals surface area contributed by atoms with E-state index in [0.717, 1.165) is 34.1 Å². The lowest BCUT2D eigenvalue weighted by molar-refractivity contribution is -0.120. The third-order valence-electron chi connectivity index (χ3n) is 5.14. The van der Waals surface area contributed by atoms with E-state index < -0.39 is 0 Å². The Bertz CT molecular complexity index is 1150. The highest BCUT2D eigenvalue weighted by Crippen LogP contribution is 2.50. The summed E-state index contributed by atoms with van der Waals surface area (Å²) in [5.41, 5.74) is 6.03. The second-order valence-corrected chi connectivity index (χ2v) is 7.55. The van der Waals surface area contributed by atoms with Crippen molar-refractivity contribution in [1.82, 2.24) is 15.3 Å². The number of carbonyl (C=O) groups excluding carboxylic acids is 1. The van der Waals surface area contributed by atoms with Crippen LogP contribution in [0.4, 0.5) is 0 Å². The van der Waals surface area contributed by atoms with Crippen LogP contribution >= 0.6 is 11.8 Å². The number of para-hydroxylation sites is 1. The minimum atomic E-state index is -0.0500. The third-order valence-corrected chi connectivity index (χ3v) is 6.09. The molecule has 1 atom stereocenters. The van der Waals surface area contributed by atoms with Gasteiger partial charge in [0.05, 0.1) is 22.5 Å². The molecule has 1 aromatic carbocycles. The first kappa shape index (κ1) is 16.4. The molecule has 0 fully saturated rings. The zero-order valence-corrected chi connectivity index (χ0v) is 15.7. The minimum Gasteiger partial charge on any atom is -0.356 e. The average Bonchev–Trinajstić information content (AvgIpc) is 3.20. The molecule has 5 nitrogen and oxygen atoms in total. The molecule has 2 aromatic heterocycles.